The average molecular weight is 312 g/mol. The van der Waals surface area contributed by atoms with E-state index in [2.05, 4.69) is 10.0 Å². The first-order chi connectivity index (χ1) is 10.1. The van der Waals surface area contributed by atoms with E-state index in [-0.39, 0.29) is 0 Å². The first kappa shape index (κ1) is 16.4. The Balaban J connectivity index is 1.82. The molecule has 0 aliphatic heterocycles. The SMILES string of the molecule is CCNCc1cccc(S(=O)(=O)NCCOCC2CC2)c1. The summed E-state index contributed by atoms with van der Waals surface area (Å²) in [4.78, 5) is 0.306. The fourth-order valence-corrected chi connectivity index (χ4v) is 3.04. The maximum atomic E-state index is 12.2. The molecule has 0 bridgehead atoms. The van der Waals surface area contributed by atoms with E-state index in [1.165, 1.54) is 12.8 Å². The third-order valence-corrected chi connectivity index (χ3v) is 4.84. The fourth-order valence-electron chi connectivity index (χ4n) is 1.96. The fraction of sp³-hybridized carbons (Fsp3) is 0.600. The van der Waals surface area contributed by atoms with Gasteiger partial charge < -0.3 is 10.1 Å². The Bertz CT molecular complexity index is 542. The van der Waals surface area contributed by atoms with E-state index in [9.17, 15) is 8.42 Å². The lowest BCUT2D eigenvalue weighted by Crippen LogP contribution is -2.27. The normalized spacial score (nSPS) is 15.3. The van der Waals surface area contributed by atoms with Crippen LogP contribution in [0.2, 0.25) is 0 Å². The minimum atomic E-state index is -3.45. The van der Waals surface area contributed by atoms with Crippen LogP contribution < -0.4 is 10.0 Å². The van der Waals surface area contributed by atoms with Crippen LogP contribution in [0.1, 0.15) is 25.3 Å². The molecule has 0 saturated heterocycles. The lowest BCUT2D eigenvalue weighted by atomic mass is 10.2. The van der Waals surface area contributed by atoms with Crippen molar-refractivity contribution >= 4 is 10.0 Å². The molecular weight excluding hydrogens is 288 g/mol. The summed E-state index contributed by atoms with van der Waals surface area (Å²) in [5, 5.41) is 3.18. The van der Waals surface area contributed by atoms with Gasteiger partial charge in [0.25, 0.3) is 0 Å². The van der Waals surface area contributed by atoms with Crippen molar-refractivity contribution in [3.63, 3.8) is 0 Å². The van der Waals surface area contributed by atoms with Gasteiger partial charge in [-0.2, -0.15) is 0 Å². The van der Waals surface area contributed by atoms with Gasteiger partial charge in [-0.05, 0) is 43.0 Å². The van der Waals surface area contributed by atoms with Gasteiger partial charge in [0, 0.05) is 19.7 Å². The zero-order valence-electron chi connectivity index (χ0n) is 12.5. The van der Waals surface area contributed by atoms with Crippen LogP contribution in [0.3, 0.4) is 0 Å². The Hall–Kier alpha value is -0.950. The summed E-state index contributed by atoms with van der Waals surface area (Å²) in [6, 6.07) is 7.00. The van der Waals surface area contributed by atoms with Gasteiger partial charge in [-0.25, -0.2) is 13.1 Å². The second kappa shape index (κ2) is 7.89. The Morgan fingerprint density at radius 1 is 1.33 bits per heavy atom. The molecule has 0 amide bonds. The molecule has 1 aromatic carbocycles. The Morgan fingerprint density at radius 2 is 2.14 bits per heavy atom. The molecule has 1 aliphatic carbocycles. The third-order valence-electron chi connectivity index (χ3n) is 3.38. The third kappa shape index (κ3) is 5.74. The predicted molar refractivity (Wildman–Crippen MR) is 82.6 cm³/mol. The smallest absolute Gasteiger partial charge is 0.240 e. The molecule has 0 heterocycles. The molecule has 0 aromatic heterocycles. The van der Waals surface area contributed by atoms with E-state index in [0.29, 0.717) is 30.5 Å². The van der Waals surface area contributed by atoms with Crippen molar-refractivity contribution < 1.29 is 13.2 Å². The molecule has 0 radical (unpaired) electrons. The van der Waals surface area contributed by atoms with Crippen LogP contribution in [0.15, 0.2) is 29.2 Å². The number of ether oxygens (including phenoxy) is 1. The van der Waals surface area contributed by atoms with E-state index < -0.39 is 10.0 Å². The summed E-state index contributed by atoms with van der Waals surface area (Å²) in [7, 11) is -3.45. The number of nitrogens with one attached hydrogen (secondary N) is 2. The minimum Gasteiger partial charge on any atom is -0.380 e. The molecule has 1 fully saturated rings. The topological polar surface area (TPSA) is 67.4 Å². The molecule has 0 unspecified atom stereocenters. The molecule has 1 aromatic rings. The second-order valence-corrected chi connectivity index (χ2v) is 7.11. The van der Waals surface area contributed by atoms with Crippen LogP contribution in [0.4, 0.5) is 0 Å². The first-order valence-corrected chi connectivity index (χ1v) is 8.97. The van der Waals surface area contributed by atoms with Crippen LogP contribution in [-0.4, -0.2) is 34.7 Å². The maximum absolute atomic E-state index is 12.2. The monoisotopic (exact) mass is 312 g/mol. The van der Waals surface area contributed by atoms with Crippen molar-refractivity contribution in [3.05, 3.63) is 29.8 Å². The van der Waals surface area contributed by atoms with Crippen molar-refractivity contribution in [2.75, 3.05) is 26.3 Å². The Kier molecular flexibility index (Phi) is 6.17. The largest absolute Gasteiger partial charge is 0.380 e. The van der Waals surface area contributed by atoms with Crippen LogP contribution in [0.25, 0.3) is 0 Å². The number of hydrogen-bond acceptors (Lipinski definition) is 4. The van der Waals surface area contributed by atoms with Crippen molar-refractivity contribution in [1.82, 2.24) is 10.0 Å². The molecule has 118 valence electrons. The van der Waals surface area contributed by atoms with Gasteiger partial charge in [0.1, 0.15) is 0 Å². The van der Waals surface area contributed by atoms with Gasteiger partial charge in [0.05, 0.1) is 11.5 Å². The minimum absolute atomic E-state index is 0.306. The van der Waals surface area contributed by atoms with Crippen LogP contribution in [-0.2, 0) is 21.3 Å². The summed E-state index contributed by atoms with van der Waals surface area (Å²) < 4.78 is 32.4. The van der Waals surface area contributed by atoms with Crippen molar-refractivity contribution in [2.24, 2.45) is 5.92 Å². The molecular formula is C15H24N2O3S. The molecule has 21 heavy (non-hydrogen) atoms. The lowest BCUT2D eigenvalue weighted by molar-refractivity contribution is 0.129. The molecule has 1 saturated carbocycles. The van der Waals surface area contributed by atoms with E-state index in [0.717, 1.165) is 18.7 Å². The van der Waals surface area contributed by atoms with Crippen LogP contribution in [0, 0.1) is 5.92 Å². The molecule has 0 spiro atoms. The first-order valence-electron chi connectivity index (χ1n) is 7.49. The number of rotatable bonds is 10. The van der Waals surface area contributed by atoms with E-state index in [1.807, 2.05) is 13.0 Å². The van der Waals surface area contributed by atoms with Gasteiger partial charge in [0.15, 0.2) is 0 Å². The van der Waals surface area contributed by atoms with E-state index in [4.69, 9.17) is 4.74 Å². The van der Waals surface area contributed by atoms with E-state index >= 15 is 0 Å². The molecule has 2 N–H and O–H groups in total. The van der Waals surface area contributed by atoms with Gasteiger partial charge in [-0.3, -0.25) is 0 Å². The quantitative estimate of drug-likeness (QED) is 0.643. The molecule has 6 heteroatoms. The Morgan fingerprint density at radius 3 is 2.86 bits per heavy atom. The second-order valence-electron chi connectivity index (χ2n) is 5.34. The highest BCUT2D eigenvalue weighted by Gasteiger charge is 2.21. The Labute approximate surface area is 127 Å². The number of hydrogen-bond donors (Lipinski definition) is 2. The average Bonchev–Trinajstić information content (AvgIpc) is 3.29. The van der Waals surface area contributed by atoms with Crippen molar-refractivity contribution in [2.45, 2.75) is 31.2 Å². The lowest BCUT2D eigenvalue weighted by Gasteiger charge is -2.09. The van der Waals surface area contributed by atoms with Crippen molar-refractivity contribution in [1.29, 1.82) is 0 Å². The number of benzene rings is 1. The summed E-state index contributed by atoms with van der Waals surface area (Å²) in [6.45, 7) is 5.03. The highest BCUT2D eigenvalue weighted by Crippen LogP contribution is 2.28. The van der Waals surface area contributed by atoms with Crippen LogP contribution >= 0.6 is 0 Å². The molecule has 2 rings (SSSR count). The predicted octanol–water partition coefficient (Wildman–Crippen LogP) is 1.50. The van der Waals surface area contributed by atoms with Gasteiger partial charge in [-0.1, -0.05) is 19.1 Å². The zero-order valence-corrected chi connectivity index (χ0v) is 13.3. The maximum Gasteiger partial charge on any atom is 0.240 e. The number of sulfonamides is 1. The van der Waals surface area contributed by atoms with Gasteiger partial charge in [0.2, 0.25) is 10.0 Å². The molecule has 1 aliphatic rings. The van der Waals surface area contributed by atoms with Gasteiger partial charge >= 0.3 is 0 Å². The highest BCUT2D eigenvalue weighted by atomic mass is 32.2. The van der Waals surface area contributed by atoms with E-state index in [1.54, 1.807) is 18.2 Å². The van der Waals surface area contributed by atoms with Crippen LogP contribution in [0.5, 0.6) is 0 Å². The molecule has 0 atom stereocenters. The van der Waals surface area contributed by atoms with Gasteiger partial charge in [-0.15, -0.1) is 0 Å². The summed E-state index contributed by atoms with van der Waals surface area (Å²) in [5.74, 6) is 0.698. The highest BCUT2D eigenvalue weighted by molar-refractivity contribution is 7.89. The summed E-state index contributed by atoms with van der Waals surface area (Å²) >= 11 is 0. The summed E-state index contributed by atoms with van der Waals surface area (Å²) in [6.07, 6.45) is 2.48. The van der Waals surface area contributed by atoms with Crippen molar-refractivity contribution in [3.8, 4) is 0 Å². The molecule has 5 nitrogen and oxygen atoms in total. The zero-order chi connectivity index (χ0) is 15.1. The summed E-state index contributed by atoms with van der Waals surface area (Å²) in [5.41, 5.74) is 0.963. The standard InChI is InChI=1S/C15H24N2O3S/c1-2-16-11-14-4-3-5-15(10-14)21(18,19)17-8-9-20-12-13-6-7-13/h3-5,10,13,16-17H,2,6-9,11-12H2,1H3.